The fourth-order valence-electron chi connectivity index (χ4n) is 3.36. The molecule has 3 aromatic rings. The topological polar surface area (TPSA) is 79.4 Å². The Morgan fingerprint density at radius 2 is 1.86 bits per heavy atom. The van der Waals surface area contributed by atoms with Gasteiger partial charge in [0, 0.05) is 18.7 Å². The highest BCUT2D eigenvalue weighted by molar-refractivity contribution is 7.89. The molecule has 0 bridgehead atoms. The highest BCUT2D eigenvalue weighted by Gasteiger charge is 2.28. The zero-order valence-corrected chi connectivity index (χ0v) is 17.1. The maximum absolute atomic E-state index is 13.0. The molecule has 1 aliphatic heterocycles. The summed E-state index contributed by atoms with van der Waals surface area (Å²) in [5.41, 5.74) is 1.77. The minimum atomic E-state index is -3.60. The third-order valence-electron chi connectivity index (χ3n) is 4.90. The van der Waals surface area contributed by atoms with E-state index in [9.17, 15) is 13.2 Å². The second kappa shape index (κ2) is 7.62. The first kappa shape index (κ1) is 19.0. The lowest BCUT2D eigenvalue weighted by Crippen LogP contribution is -2.36. The smallest absolute Gasteiger partial charge is 0.257 e. The Balaban J connectivity index is 1.61. The molecule has 0 saturated carbocycles. The maximum atomic E-state index is 13.0. The molecule has 6 nitrogen and oxygen atoms in total. The quantitative estimate of drug-likeness (QED) is 0.698. The number of amides is 1. The van der Waals surface area contributed by atoms with E-state index < -0.39 is 10.0 Å². The van der Waals surface area contributed by atoms with E-state index in [1.165, 1.54) is 21.7 Å². The third kappa shape index (κ3) is 3.67. The lowest BCUT2D eigenvalue weighted by atomic mass is 10.1. The fourth-order valence-corrected chi connectivity index (χ4v) is 5.99. The van der Waals surface area contributed by atoms with E-state index in [0.717, 1.165) is 29.5 Å². The molecule has 0 unspecified atom stereocenters. The summed E-state index contributed by atoms with van der Waals surface area (Å²) in [6.45, 7) is 2.82. The van der Waals surface area contributed by atoms with Gasteiger partial charge in [-0.25, -0.2) is 13.4 Å². The maximum Gasteiger partial charge on any atom is 0.257 e. The van der Waals surface area contributed by atoms with Crippen LogP contribution in [0.5, 0.6) is 0 Å². The van der Waals surface area contributed by atoms with Crippen molar-refractivity contribution in [3.8, 4) is 0 Å². The van der Waals surface area contributed by atoms with Crippen LogP contribution in [0.2, 0.25) is 0 Å². The number of carbonyl (C=O) groups excluding carboxylic acids is 1. The number of fused-ring (bicyclic) bond motifs is 1. The molecule has 2 heterocycles. The molecule has 0 aliphatic carbocycles. The molecule has 4 rings (SSSR count). The average Bonchev–Trinajstić information content (AvgIpc) is 3.11. The number of hydrogen-bond donors (Lipinski definition) is 1. The first-order chi connectivity index (χ1) is 13.4. The summed E-state index contributed by atoms with van der Waals surface area (Å²) < 4.78 is 28.6. The van der Waals surface area contributed by atoms with Gasteiger partial charge in [-0.05, 0) is 49.6 Å². The van der Waals surface area contributed by atoms with E-state index in [1.54, 1.807) is 19.1 Å². The van der Waals surface area contributed by atoms with Gasteiger partial charge in [0.15, 0.2) is 5.13 Å². The number of benzene rings is 2. The first-order valence-corrected chi connectivity index (χ1v) is 11.5. The molecule has 1 N–H and O–H groups in total. The van der Waals surface area contributed by atoms with E-state index in [2.05, 4.69) is 10.3 Å². The number of sulfonamides is 1. The summed E-state index contributed by atoms with van der Waals surface area (Å²) in [6.07, 6.45) is 2.79. The second-order valence-corrected chi connectivity index (χ2v) is 9.82. The Labute approximate surface area is 168 Å². The summed E-state index contributed by atoms with van der Waals surface area (Å²) in [7, 11) is -3.60. The summed E-state index contributed by atoms with van der Waals surface area (Å²) in [6, 6.07) is 12.4. The molecular formula is C20H21N3O3S2. The highest BCUT2D eigenvalue weighted by atomic mass is 32.2. The Kier molecular flexibility index (Phi) is 5.18. The fraction of sp³-hybridized carbons (Fsp3) is 0.300. The lowest BCUT2D eigenvalue weighted by Gasteiger charge is -2.26. The summed E-state index contributed by atoms with van der Waals surface area (Å²) in [5.74, 6) is -0.367. The van der Waals surface area contributed by atoms with Crippen molar-refractivity contribution in [3.63, 3.8) is 0 Å². The number of carbonyl (C=O) groups is 1. The van der Waals surface area contributed by atoms with Crippen molar-refractivity contribution in [2.24, 2.45) is 0 Å². The van der Waals surface area contributed by atoms with E-state index in [-0.39, 0.29) is 10.8 Å². The van der Waals surface area contributed by atoms with Crippen molar-refractivity contribution >= 4 is 42.6 Å². The first-order valence-electron chi connectivity index (χ1n) is 9.23. The molecule has 0 atom stereocenters. The Hall–Kier alpha value is -2.29. The van der Waals surface area contributed by atoms with Crippen molar-refractivity contribution in [3.05, 3.63) is 53.6 Å². The van der Waals surface area contributed by atoms with E-state index >= 15 is 0 Å². The number of aryl methyl sites for hydroxylation is 1. The molecular weight excluding hydrogens is 394 g/mol. The van der Waals surface area contributed by atoms with Crippen LogP contribution in [0.4, 0.5) is 5.13 Å². The number of anilines is 1. The molecule has 28 heavy (non-hydrogen) atoms. The Morgan fingerprint density at radius 1 is 1.11 bits per heavy atom. The molecule has 1 fully saturated rings. The summed E-state index contributed by atoms with van der Waals surface area (Å²) >= 11 is 1.39. The Morgan fingerprint density at radius 3 is 2.61 bits per heavy atom. The average molecular weight is 416 g/mol. The van der Waals surface area contributed by atoms with E-state index in [1.807, 2.05) is 24.3 Å². The number of para-hydroxylation sites is 1. The number of hydrogen-bond acceptors (Lipinski definition) is 5. The van der Waals surface area contributed by atoms with Crippen molar-refractivity contribution in [1.29, 1.82) is 0 Å². The van der Waals surface area contributed by atoms with Crippen LogP contribution in [0, 0.1) is 6.92 Å². The van der Waals surface area contributed by atoms with Crippen LogP contribution >= 0.6 is 11.3 Å². The zero-order valence-electron chi connectivity index (χ0n) is 15.5. The van der Waals surface area contributed by atoms with Crippen LogP contribution in [0.15, 0.2) is 47.4 Å². The van der Waals surface area contributed by atoms with Gasteiger partial charge in [-0.15, -0.1) is 0 Å². The van der Waals surface area contributed by atoms with Gasteiger partial charge < -0.3 is 0 Å². The normalized spacial score (nSPS) is 15.6. The van der Waals surface area contributed by atoms with E-state index in [0.29, 0.717) is 29.3 Å². The van der Waals surface area contributed by atoms with Gasteiger partial charge in [0.2, 0.25) is 10.0 Å². The molecule has 1 saturated heterocycles. The molecule has 0 radical (unpaired) electrons. The minimum absolute atomic E-state index is 0.200. The van der Waals surface area contributed by atoms with Crippen LogP contribution < -0.4 is 5.32 Å². The molecule has 1 aliphatic rings. The Bertz CT molecular complexity index is 1100. The second-order valence-electron chi connectivity index (χ2n) is 6.89. The monoisotopic (exact) mass is 415 g/mol. The van der Waals surface area contributed by atoms with Crippen LogP contribution in [0.25, 0.3) is 10.2 Å². The SMILES string of the molecule is Cc1ccc(C(=O)Nc2nc3ccccc3s2)cc1S(=O)(=O)N1CCCCC1. The standard InChI is InChI=1S/C20H21N3O3S2/c1-14-9-10-15(13-18(14)28(25,26)23-11-5-2-6-12-23)19(24)22-20-21-16-7-3-4-8-17(16)27-20/h3-4,7-10,13H,2,5-6,11-12H2,1H3,(H,21,22,24). The molecule has 2 aromatic carbocycles. The van der Waals surface area contributed by atoms with Gasteiger partial charge in [-0.2, -0.15) is 4.31 Å². The number of thiazole rings is 1. The molecule has 1 aromatic heterocycles. The highest BCUT2D eigenvalue weighted by Crippen LogP contribution is 2.27. The van der Waals surface area contributed by atoms with Crippen molar-refractivity contribution in [1.82, 2.24) is 9.29 Å². The number of nitrogens with zero attached hydrogens (tertiary/aromatic N) is 2. The molecule has 146 valence electrons. The number of nitrogens with one attached hydrogen (secondary N) is 1. The van der Waals surface area contributed by atoms with Gasteiger partial charge in [0.25, 0.3) is 5.91 Å². The lowest BCUT2D eigenvalue weighted by molar-refractivity contribution is 0.102. The van der Waals surface area contributed by atoms with Gasteiger partial charge >= 0.3 is 0 Å². The van der Waals surface area contributed by atoms with Gasteiger partial charge in [-0.1, -0.05) is 36.0 Å². The summed E-state index contributed by atoms with van der Waals surface area (Å²) in [4.78, 5) is 17.3. The summed E-state index contributed by atoms with van der Waals surface area (Å²) in [5, 5.41) is 3.28. The van der Waals surface area contributed by atoms with Crippen molar-refractivity contribution in [2.45, 2.75) is 31.1 Å². The van der Waals surface area contributed by atoms with Crippen LogP contribution in [0.1, 0.15) is 35.2 Å². The predicted octanol–water partition coefficient (Wildman–Crippen LogP) is 4.03. The molecule has 8 heteroatoms. The number of rotatable bonds is 4. The van der Waals surface area contributed by atoms with Crippen LogP contribution in [0.3, 0.4) is 0 Å². The van der Waals surface area contributed by atoms with Crippen LogP contribution in [-0.2, 0) is 10.0 Å². The third-order valence-corrected chi connectivity index (χ3v) is 7.89. The number of piperidine rings is 1. The predicted molar refractivity (Wildman–Crippen MR) is 111 cm³/mol. The van der Waals surface area contributed by atoms with Gasteiger partial charge in [0.05, 0.1) is 15.1 Å². The zero-order chi connectivity index (χ0) is 19.7. The molecule has 1 amide bonds. The molecule has 0 spiro atoms. The van der Waals surface area contributed by atoms with Crippen molar-refractivity contribution < 1.29 is 13.2 Å². The van der Waals surface area contributed by atoms with Gasteiger partial charge in [-0.3, -0.25) is 10.1 Å². The minimum Gasteiger partial charge on any atom is -0.298 e. The van der Waals surface area contributed by atoms with E-state index in [4.69, 9.17) is 0 Å². The van der Waals surface area contributed by atoms with Crippen molar-refractivity contribution in [2.75, 3.05) is 18.4 Å². The number of aromatic nitrogens is 1. The van der Waals surface area contributed by atoms with Gasteiger partial charge in [0.1, 0.15) is 0 Å². The van der Waals surface area contributed by atoms with Crippen LogP contribution in [-0.4, -0.2) is 36.7 Å². The largest absolute Gasteiger partial charge is 0.298 e.